The lowest BCUT2D eigenvalue weighted by molar-refractivity contribution is 0.861. The predicted octanol–water partition coefficient (Wildman–Crippen LogP) is 2.43. The van der Waals surface area contributed by atoms with Gasteiger partial charge in [0.2, 0.25) is 0 Å². The van der Waals surface area contributed by atoms with Gasteiger partial charge < -0.3 is 0 Å². The summed E-state index contributed by atoms with van der Waals surface area (Å²) in [7, 11) is 0. The lowest BCUT2D eigenvalue weighted by Gasteiger charge is -2.07. The van der Waals surface area contributed by atoms with Crippen LogP contribution in [0.25, 0.3) is 16.8 Å². The third kappa shape index (κ3) is 1.93. The van der Waals surface area contributed by atoms with Gasteiger partial charge in [0.25, 0.3) is 5.56 Å². The molecule has 0 aliphatic heterocycles. The van der Waals surface area contributed by atoms with Crippen LogP contribution in [0.1, 0.15) is 23.9 Å². The molecule has 0 amide bonds. The molecule has 1 aromatic carbocycles. The normalized spacial score (nSPS) is 10.7. The highest BCUT2D eigenvalue weighted by atomic mass is 16.1. The van der Waals surface area contributed by atoms with Crippen LogP contribution in [0.3, 0.4) is 0 Å². The summed E-state index contributed by atoms with van der Waals surface area (Å²) < 4.78 is 1.37. The number of aromatic nitrogens is 3. The van der Waals surface area contributed by atoms with E-state index in [-0.39, 0.29) is 5.56 Å². The molecule has 3 aromatic rings. The molecular formula is C16H14N4O. The molecule has 0 saturated carbocycles. The average molecular weight is 278 g/mol. The van der Waals surface area contributed by atoms with E-state index >= 15 is 0 Å². The van der Waals surface area contributed by atoms with E-state index < -0.39 is 0 Å². The highest BCUT2D eigenvalue weighted by Gasteiger charge is 2.18. The van der Waals surface area contributed by atoms with Gasteiger partial charge in [-0.05, 0) is 18.1 Å². The van der Waals surface area contributed by atoms with E-state index in [1.54, 1.807) is 6.92 Å². The summed E-state index contributed by atoms with van der Waals surface area (Å²) in [5.74, 6) is 0.688. The van der Waals surface area contributed by atoms with Crippen LogP contribution < -0.4 is 5.56 Å². The van der Waals surface area contributed by atoms with Crippen molar-refractivity contribution in [2.45, 2.75) is 20.3 Å². The second kappa shape index (κ2) is 4.91. The van der Waals surface area contributed by atoms with Crippen molar-refractivity contribution < 1.29 is 0 Å². The molecule has 21 heavy (non-hydrogen) atoms. The van der Waals surface area contributed by atoms with Gasteiger partial charge in [-0.25, -0.2) is 4.98 Å². The summed E-state index contributed by atoms with van der Waals surface area (Å²) in [5.41, 5.74) is 2.66. The number of nitrogens with zero attached hydrogens (tertiary/aromatic N) is 3. The zero-order valence-electron chi connectivity index (χ0n) is 11.8. The van der Waals surface area contributed by atoms with E-state index in [9.17, 15) is 10.1 Å². The molecule has 5 heteroatoms. The van der Waals surface area contributed by atoms with Crippen LogP contribution in [0.2, 0.25) is 0 Å². The summed E-state index contributed by atoms with van der Waals surface area (Å²) in [6.45, 7) is 3.74. The van der Waals surface area contributed by atoms with Gasteiger partial charge in [0.05, 0.1) is 5.56 Å². The summed E-state index contributed by atoms with van der Waals surface area (Å²) in [4.78, 5) is 17.1. The molecule has 0 atom stereocenters. The number of benzene rings is 1. The van der Waals surface area contributed by atoms with Crippen molar-refractivity contribution in [3.8, 4) is 17.2 Å². The molecule has 2 aromatic heterocycles. The van der Waals surface area contributed by atoms with Gasteiger partial charge in [-0.1, -0.05) is 37.3 Å². The van der Waals surface area contributed by atoms with Crippen molar-refractivity contribution in [2.24, 2.45) is 0 Å². The van der Waals surface area contributed by atoms with Crippen LogP contribution in [0.5, 0.6) is 0 Å². The van der Waals surface area contributed by atoms with E-state index in [0.29, 0.717) is 34.6 Å². The maximum absolute atomic E-state index is 12.7. The number of pyridine rings is 1. The standard InChI is InChI=1S/C16H14N4O/c1-3-13-18-15-12(9-17)10(2)14(16(21)20(15)19-13)11-7-5-4-6-8-11/h4-8H,3H2,1-2H3,(H,18,19). The molecule has 0 radical (unpaired) electrons. The van der Waals surface area contributed by atoms with E-state index in [1.165, 1.54) is 4.52 Å². The van der Waals surface area contributed by atoms with Crippen LogP contribution in [-0.2, 0) is 6.42 Å². The molecule has 1 N–H and O–H groups in total. The van der Waals surface area contributed by atoms with Crippen molar-refractivity contribution in [1.82, 2.24) is 14.6 Å². The highest BCUT2D eigenvalue weighted by Crippen LogP contribution is 2.23. The van der Waals surface area contributed by atoms with Crippen molar-refractivity contribution in [3.05, 3.63) is 57.6 Å². The molecule has 0 saturated heterocycles. The minimum Gasteiger partial charge on any atom is -0.276 e. The van der Waals surface area contributed by atoms with Crippen molar-refractivity contribution in [1.29, 1.82) is 5.26 Å². The van der Waals surface area contributed by atoms with Crippen LogP contribution in [0, 0.1) is 18.3 Å². The first-order valence-corrected chi connectivity index (χ1v) is 6.77. The number of aromatic amines is 1. The Morgan fingerprint density at radius 3 is 2.67 bits per heavy atom. The first-order valence-electron chi connectivity index (χ1n) is 6.77. The molecule has 0 bridgehead atoms. The smallest absolute Gasteiger partial charge is 0.276 e. The molecule has 5 nitrogen and oxygen atoms in total. The molecule has 104 valence electrons. The Kier molecular flexibility index (Phi) is 3.07. The summed E-state index contributed by atoms with van der Waals surface area (Å²) in [6, 6.07) is 11.6. The second-order valence-corrected chi connectivity index (χ2v) is 4.84. The van der Waals surface area contributed by atoms with Gasteiger partial charge in [0.15, 0.2) is 5.65 Å². The summed E-state index contributed by atoms with van der Waals surface area (Å²) in [6.07, 6.45) is 0.672. The van der Waals surface area contributed by atoms with E-state index in [0.717, 1.165) is 5.56 Å². The van der Waals surface area contributed by atoms with Crippen LogP contribution in [-0.4, -0.2) is 14.6 Å². The Morgan fingerprint density at radius 1 is 1.33 bits per heavy atom. The van der Waals surface area contributed by atoms with Gasteiger partial charge in [0, 0.05) is 6.42 Å². The first-order chi connectivity index (χ1) is 10.2. The Morgan fingerprint density at radius 2 is 2.05 bits per heavy atom. The largest absolute Gasteiger partial charge is 0.279 e. The highest BCUT2D eigenvalue weighted by molar-refractivity contribution is 5.73. The number of hydrogen-bond acceptors (Lipinski definition) is 3. The van der Waals surface area contributed by atoms with E-state index in [2.05, 4.69) is 16.2 Å². The number of aryl methyl sites for hydroxylation is 1. The van der Waals surface area contributed by atoms with E-state index in [4.69, 9.17) is 0 Å². The number of fused-ring (bicyclic) bond motifs is 1. The van der Waals surface area contributed by atoms with Crippen LogP contribution in [0.15, 0.2) is 35.1 Å². The molecule has 0 aliphatic rings. The van der Waals surface area contributed by atoms with Crippen molar-refractivity contribution in [3.63, 3.8) is 0 Å². The van der Waals surface area contributed by atoms with Gasteiger partial charge in [-0.15, -0.1) is 0 Å². The van der Waals surface area contributed by atoms with E-state index in [1.807, 2.05) is 37.3 Å². The minimum absolute atomic E-state index is 0.181. The number of H-pyrrole nitrogens is 1. The first kappa shape index (κ1) is 13.1. The fourth-order valence-electron chi connectivity index (χ4n) is 2.50. The van der Waals surface area contributed by atoms with Crippen LogP contribution in [0.4, 0.5) is 0 Å². The van der Waals surface area contributed by atoms with Gasteiger partial charge in [-0.3, -0.25) is 9.89 Å². The molecule has 0 fully saturated rings. The summed E-state index contributed by atoms with van der Waals surface area (Å²) in [5, 5.41) is 12.4. The average Bonchev–Trinajstić information content (AvgIpc) is 2.93. The molecular weight excluding hydrogens is 264 g/mol. The fourth-order valence-corrected chi connectivity index (χ4v) is 2.50. The number of hydrogen-bond donors (Lipinski definition) is 1. The maximum Gasteiger partial charge on any atom is 0.279 e. The summed E-state index contributed by atoms with van der Waals surface area (Å²) >= 11 is 0. The lowest BCUT2D eigenvalue weighted by atomic mass is 9.99. The monoisotopic (exact) mass is 278 g/mol. The molecule has 0 unspecified atom stereocenters. The predicted molar refractivity (Wildman–Crippen MR) is 80.1 cm³/mol. The lowest BCUT2D eigenvalue weighted by Crippen LogP contribution is -2.19. The van der Waals surface area contributed by atoms with Crippen molar-refractivity contribution in [2.75, 3.05) is 0 Å². The minimum atomic E-state index is -0.181. The van der Waals surface area contributed by atoms with Crippen LogP contribution >= 0.6 is 0 Å². The maximum atomic E-state index is 12.7. The zero-order valence-corrected chi connectivity index (χ0v) is 11.8. The fraction of sp³-hybridized carbons (Fsp3) is 0.188. The Balaban J connectivity index is 2.47. The topological polar surface area (TPSA) is 73.9 Å². The van der Waals surface area contributed by atoms with Gasteiger partial charge in [-0.2, -0.15) is 9.78 Å². The SMILES string of the molecule is CCc1nc2c(C#N)c(C)c(-c3ccccc3)c(=O)n2[nH]1. The molecule has 0 spiro atoms. The second-order valence-electron chi connectivity index (χ2n) is 4.84. The van der Waals surface area contributed by atoms with Gasteiger partial charge >= 0.3 is 0 Å². The van der Waals surface area contributed by atoms with Gasteiger partial charge in [0.1, 0.15) is 17.5 Å². The third-order valence-corrected chi connectivity index (χ3v) is 3.59. The Labute approximate surface area is 121 Å². The Bertz CT molecular complexity index is 913. The molecule has 0 aliphatic carbocycles. The number of rotatable bonds is 2. The number of nitrogens with one attached hydrogen (secondary N) is 1. The van der Waals surface area contributed by atoms with Crippen molar-refractivity contribution >= 4 is 5.65 Å². The zero-order chi connectivity index (χ0) is 15.0. The molecule has 2 heterocycles. The number of nitriles is 1. The third-order valence-electron chi connectivity index (χ3n) is 3.59. The Hall–Kier alpha value is -2.87. The quantitative estimate of drug-likeness (QED) is 0.782. The molecule has 3 rings (SSSR count).